The second kappa shape index (κ2) is 5.11. The summed E-state index contributed by atoms with van der Waals surface area (Å²) >= 11 is 0. The Morgan fingerprint density at radius 2 is 1.05 bits per heavy atom. The molecule has 2 aromatic rings. The van der Waals surface area contributed by atoms with Crippen LogP contribution in [-0.4, -0.2) is 54.9 Å². The van der Waals surface area contributed by atoms with Crippen molar-refractivity contribution < 1.29 is 0 Å². The predicted octanol–water partition coefficient (Wildman–Crippen LogP) is -8.84. The van der Waals surface area contributed by atoms with E-state index in [1.54, 1.807) is 0 Å². The predicted molar refractivity (Wildman–Crippen MR) is 109 cm³/mol. The Kier molecular flexibility index (Phi) is 3.85. The van der Waals surface area contributed by atoms with Gasteiger partial charge in [-0.3, -0.25) is 0 Å². The van der Waals surface area contributed by atoms with Gasteiger partial charge in [0.25, 0.3) is 0 Å². The van der Waals surface area contributed by atoms with Crippen molar-refractivity contribution in [3.63, 3.8) is 0 Å². The molecule has 2 aromatic carbocycles. The average Bonchev–Trinajstić information content (AvgIpc) is 2.36. The molecule has 0 bridgehead atoms. The van der Waals surface area contributed by atoms with E-state index in [0.717, 1.165) is 0 Å². The van der Waals surface area contributed by atoms with Crippen LogP contribution in [0.15, 0.2) is 18.2 Å². The molecular formula is C12H17B7. The van der Waals surface area contributed by atoms with Gasteiger partial charge in [-0.05, 0) is 11.1 Å². The molecule has 0 unspecified atom stereocenters. The number of benzene rings is 2. The molecular weight excluding hydrogens is 220 g/mol. The molecule has 7 heteroatoms. The zero-order valence-electron chi connectivity index (χ0n) is 13.2. The molecule has 0 aliphatic rings. The summed E-state index contributed by atoms with van der Waals surface area (Å²) in [5, 5.41) is 0. The van der Waals surface area contributed by atoms with Crippen molar-refractivity contribution >= 4 is 93.2 Å². The van der Waals surface area contributed by atoms with Gasteiger partial charge < -0.3 is 0 Å². The SMILES string of the molecule is Bc1ccc(-c2c(B)c(B)cc(B)c2B)c(B)c1B. The highest BCUT2D eigenvalue weighted by Crippen LogP contribution is 2.08. The van der Waals surface area contributed by atoms with Crippen LogP contribution in [0.1, 0.15) is 0 Å². The molecule has 0 saturated carbocycles. The van der Waals surface area contributed by atoms with Crippen LogP contribution in [0.5, 0.6) is 0 Å². The molecule has 0 spiro atoms. The Balaban J connectivity index is 2.83. The topological polar surface area (TPSA) is 0 Å². The van der Waals surface area contributed by atoms with Gasteiger partial charge in [0, 0.05) is 0 Å². The van der Waals surface area contributed by atoms with Gasteiger partial charge in [-0.25, -0.2) is 0 Å². The first kappa shape index (κ1) is 14.3. The first-order valence-electron chi connectivity index (χ1n) is 6.99. The van der Waals surface area contributed by atoms with Crippen LogP contribution in [0.25, 0.3) is 11.1 Å². The van der Waals surface area contributed by atoms with Crippen LogP contribution >= 0.6 is 0 Å². The minimum absolute atomic E-state index is 1.38. The summed E-state index contributed by atoms with van der Waals surface area (Å²) in [4.78, 5) is 0. The largest absolute Gasteiger partial charge is 0.139 e. The van der Waals surface area contributed by atoms with Crippen LogP contribution in [0.2, 0.25) is 0 Å². The molecule has 0 aliphatic carbocycles. The molecule has 0 aliphatic heterocycles. The lowest BCUT2D eigenvalue weighted by molar-refractivity contribution is 1.80. The fraction of sp³-hybridized carbons (Fsp3) is 0. The van der Waals surface area contributed by atoms with Crippen molar-refractivity contribution in [1.29, 1.82) is 0 Å². The van der Waals surface area contributed by atoms with Gasteiger partial charge in [0.05, 0.1) is 0 Å². The fourth-order valence-corrected chi connectivity index (χ4v) is 2.85. The molecule has 0 heterocycles. The van der Waals surface area contributed by atoms with Crippen molar-refractivity contribution in [1.82, 2.24) is 0 Å². The first-order chi connectivity index (χ1) is 8.84. The van der Waals surface area contributed by atoms with Crippen LogP contribution in [0.4, 0.5) is 0 Å². The van der Waals surface area contributed by atoms with E-state index in [4.69, 9.17) is 0 Å². The van der Waals surface area contributed by atoms with E-state index < -0.39 is 0 Å². The van der Waals surface area contributed by atoms with Crippen molar-refractivity contribution in [3.05, 3.63) is 18.2 Å². The maximum Gasteiger partial charge on any atom is 0.139 e. The minimum Gasteiger partial charge on any atom is -0.101 e. The highest BCUT2D eigenvalue weighted by Gasteiger charge is 2.12. The van der Waals surface area contributed by atoms with Crippen molar-refractivity contribution in [2.75, 3.05) is 0 Å². The summed E-state index contributed by atoms with van der Waals surface area (Å²) in [5.41, 5.74) is 12.6. The van der Waals surface area contributed by atoms with E-state index in [9.17, 15) is 0 Å². The lowest BCUT2D eigenvalue weighted by atomic mass is 9.63. The van der Waals surface area contributed by atoms with Gasteiger partial charge in [0.1, 0.15) is 54.9 Å². The van der Waals surface area contributed by atoms with Crippen LogP contribution in [0, 0.1) is 0 Å². The van der Waals surface area contributed by atoms with E-state index in [2.05, 4.69) is 73.1 Å². The van der Waals surface area contributed by atoms with Crippen LogP contribution < -0.4 is 38.2 Å². The molecule has 0 N–H and O–H groups in total. The van der Waals surface area contributed by atoms with E-state index in [-0.39, 0.29) is 0 Å². The van der Waals surface area contributed by atoms with Crippen molar-refractivity contribution in [2.45, 2.75) is 0 Å². The molecule has 0 fully saturated rings. The van der Waals surface area contributed by atoms with Gasteiger partial charge in [-0.1, -0.05) is 51.0 Å². The molecule has 0 nitrogen and oxygen atoms in total. The second-order valence-corrected chi connectivity index (χ2v) is 5.82. The lowest BCUT2D eigenvalue weighted by Gasteiger charge is -2.20. The van der Waals surface area contributed by atoms with E-state index in [1.165, 1.54) is 49.4 Å². The minimum atomic E-state index is 1.38. The van der Waals surface area contributed by atoms with Gasteiger partial charge in [0.2, 0.25) is 0 Å². The smallest absolute Gasteiger partial charge is 0.101 e. The molecule has 86 valence electrons. The summed E-state index contributed by atoms with van der Waals surface area (Å²) < 4.78 is 0. The maximum absolute atomic E-state index is 2.30. The van der Waals surface area contributed by atoms with Crippen LogP contribution in [0.3, 0.4) is 0 Å². The van der Waals surface area contributed by atoms with Gasteiger partial charge in [-0.15, -0.1) is 5.46 Å². The van der Waals surface area contributed by atoms with E-state index in [0.29, 0.717) is 0 Å². The fourth-order valence-electron chi connectivity index (χ4n) is 2.85. The Labute approximate surface area is 123 Å². The average molecular weight is 237 g/mol. The van der Waals surface area contributed by atoms with E-state index in [1.807, 2.05) is 0 Å². The first-order valence-corrected chi connectivity index (χ1v) is 6.99. The Hall–Kier alpha value is -1.11. The van der Waals surface area contributed by atoms with Gasteiger partial charge in [0.15, 0.2) is 0 Å². The van der Waals surface area contributed by atoms with Crippen LogP contribution in [-0.2, 0) is 0 Å². The van der Waals surface area contributed by atoms with Gasteiger partial charge in [-0.2, -0.15) is 0 Å². The summed E-state index contributed by atoms with van der Waals surface area (Å²) in [6.07, 6.45) is 0. The Morgan fingerprint density at radius 1 is 0.526 bits per heavy atom. The summed E-state index contributed by atoms with van der Waals surface area (Å²) in [7, 11) is 15.6. The monoisotopic (exact) mass is 238 g/mol. The molecule has 0 amide bonds. The Morgan fingerprint density at radius 3 is 1.58 bits per heavy atom. The third kappa shape index (κ3) is 2.35. The summed E-state index contributed by atoms with van der Waals surface area (Å²) in [6, 6.07) is 6.82. The number of rotatable bonds is 1. The summed E-state index contributed by atoms with van der Waals surface area (Å²) in [5.74, 6) is 0. The molecule has 0 saturated heterocycles. The molecule has 19 heavy (non-hydrogen) atoms. The standard InChI is InChI=1S/C12H17B7/c13-5-2-1-4(9(16)12(5)19)8-10(17)6(14)3-7(15)11(8)18/h1-3H,13-19H2. The third-order valence-corrected chi connectivity index (χ3v) is 4.69. The quantitative estimate of drug-likeness (QED) is 0.432. The highest BCUT2D eigenvalue weighted by molar-refractivity contribution is 6.62. The molecule has 0 radical (unpaired) electrons. The normalized spacial score (nSPS) is 10.5. The maximum atomic E-state index is 2.30. The highest BCUT2D eigenvalue weighted by atomic mass is 14.1. The van der Waals surface area contributed by atoms with Gasteiger partial charge >= 0.3 is 0 Å². The lowest BCUT2D eigenvalue weighted by Crippen LogP contribution is -2.45. The number of hydrogen-bond donors (Lipinski definition) is 0. The molecule has 2 rings (SSSR count). The molecule has 0 aromatic heterocycles. The van der Waals surface area contributed by atoms with Crippen molar-refractivity contribution in [2.24, 2.45) is 0 Å². The van der Waals surface area contributed by atoms with E-state index >= 15 is 0 Å². The Bertz CT molecular complexity index is 638. The third-order valence-electron chi connectivity index (χ3n) is 4.69. The zero-order chi connectivity index (χ0) is 14.3. The zero-order valence-corrected chi connectivity index (χ0v) is 13.2. The second-order valence-electron chi connectivity index (χ2n) is 5.82. The summed E-state index contributed by atoms with van der Waals surface area (Å²) in [6.45, 7) is 0. The van der Waals surface area contributed by atoms with Crippen molar-refractivity contribution in [3.8, 4) is 11.1 Å². The number of hydrogen-bond acceptors (Lipinski definition) is 0. The molecule has 0 atom stereocenters.